The molecule has 0 spiro atoms. The quantitative estimate of drug-likeness (QED) is 0.228. The van der Waals surface area contributed by atoms with Gasteiger partial charge >= 0.3 is 0 Å². The molecule has 26 heavy (non-hydrogen) atoms. The first-order valence-corrected chi connectivity index (χ1v) is 8.02. The van der Waals surface area contributed by atoms with Gasteiger partial charge in [-0.15, -0.1) is 9.81 Å². The van der Waals surface area contributed by atoms with E-state index >= 15 is 0 Å². The van der Waals surface area contributed by atoms with Gasteiger partial charge in [-0.3, -0.25) is 0 Å². The van der Waals surface area contributed by atoms with Crippen molar-refractivity contribution >= 4 is 55.0 Å². The number of hydrogen-bond donors (Lipinski definition) is 0. The average molecular weight is 338 g/mol. The molecule has 0 atom stereocenters. The molecule has 1 aromatic heterocycles. The van der Waals surface area contributed by atoms with Crippen molar-refractivity contribution in [3.8, 4) is 0 Å². The fourth-order valence-corrected chi connectivity index (χ4v) is 3.45. The summed E-state index contributed by atoms with van der Waals surface area (Å²) in [5, 5.41) is 9.88. The van der Waals surface area contributed by atoms with Crippen LogP contribution in [0.15, 0.2) is 71.0 Å². The fraction of sp³-hybridized carbons (Fsp3) is 0. The first-order valence-electron chi connectivity index (χ1n) is 8.02. The molecule has 0 aliphatic rings. The summed E-state index contributed by atoms with van der Waals surface area (Å²) in [5.41, 5.74) is 2.42. The lowest BCUT2D eigenvalue weighted by molar-refractivity contribution is 1.37. The Morgan fingerprint density at radius 1 is 0.577 bits per heavy atom. The third-order valence-electron chi connectivity index (χ3n) is 4.61. The van der Waals surface area contributed by atoms with Crippen molar-refractivity contribution in [1.82, 2.24) is 9.97 Å². The Labute approximate surface area is 146 Å². The summed E-state index contributed by atoms with van der Waals surface area (Å²) in [4.78, 5) is 31.4. The van der Waals surface area contributed by atoms with Gasteiger partial charge in [0.05, 0.1) is 22.1 Å². The minimum atomic E-state index is -0.0359. The van der Waals surface area contributed by atoms with Crippen molar-refractivity contribution in [2.24, 2.45) is 10.4 Å². The summed E-state index contributed by atoms with van der Waals surface area (Å²) in [5.74, 6) is 0. The summed E-state index contributed by atoms with van der Waals surface area (Å²) < 4.78 is 0. The van der Waals surface area contributed by atoms with Gasteiger partial charge in [-0.1, -0.05) is 48.5 Å². The molecular weight excluding hydrogens is 328 g/mol. The Hall–Kier alpha value is -3.80. The molecule has 0 unspecified atom stereocenters. The maximum atomic E-state index is 11.0. The summed E-state index contributed by atoms with van der Waals surface area (Å²) in [6.45, 7) is 0. The average Bonchev–Trinajstić information content (AvgIpc) is 2.71. The molecule has 5 rings (SSSR count). The molecule has 1 heterocycles. The Morgan fingerprint density at radius 3 is 1.35 bits per heavy atom. The molecule has 6 nitrogen and oxygen atoms in total. The topological polar surface area (TPSA) is 84.6 Å². The molecule has 0 fully saturated rings. The van der Waals surface area contributed by atoms with Gasteiger partial charge in [0.15, 0.2) is 0 Å². The minimum absolute atomic E-state index is 0.0359. The van der Waals surface area contributed by atoms with Crippen LogP contribution in [0.3, 0.4) is 0 Å². The van der Waals surface area contributed by atoms with Gasteiger partial charge in [0.2, 0.25) is 0 Å². The predicted octanol–water partition coefficient (Wildman–Crippen LogP) is 5.89. The third-order valence-corrected chi connectivity index (χ3v) is 4.61. The second-order valence-electron chi connectivity index (χ2n) is 6.02. The van der Waals surface area contributed by atoms with E-state index in [9.17, 15) is 9.81 Å². The van der Waals surface area contributed by atoms with E-state index in [1.165, 1.54) is 12.1 Å². The molecular formula is C20H10N4O2. The molecule has 0 aliphatic heterocycles. The lowest BCUT2D eigenvalue weighted by Gasteiger charge is -2.10. The molecule has 4 aromatic carbocycles. The monoisotopic (exact) mass is 338 g/mol. The van der Waals surface area contributed by atoms with Gasteiger partial charge < -0.3 is 0 Å². The number of rotatable bonds is 2. The van der Waals surface area contributed by atoms with Crippen molar-refractivity contribution in [3.63, 3.8) is 0 Å². The smallest absolute Gasteiger partial charge is 0.139 e. The van der Waals surface area contributed by atoms with Gasteiger partial charge in [-0.2, -0.15) is 0 Å². The number of aromatic nitrogens is 2. The number of benzene rings is 4. The molecule has 5 aromatic rings. The first-order chi connectivity index (χ1) is 12.8. The van der Waals surface area contributed by atoms with E-state index in [0.29, 0.717) is 11.0 Å². The Bertz CT molecular complexity index is 1270. The number of hydrogen-bond acceptors (Lipinski definition) is 6. The van der Waals surface area contributed by atoms with Crippen LogP contribution < -0.4 is 0 Å². The Balaban J connectivity index is 2.06. The van der Waals surface area contributed by atoms with Gasteiger partial charge in [0, 0.05) is 10.8 Å². The van der Waals surface area contributed by atoms with E-state index in [0.717, 1.165) is 32.6 Å². The second kappa shape index (κ2) is 5.35. The van der Waals surface area contributed by atoms with Gasteiger partial charge in [0.25, 0.3) is 0 Å². The highest BCUT2D eigenvalue weighted by molar-refractivity contribution is 6.23. The van der Waals surface area contributed by atoms with Crippen LogP contribution in [0.5, 0.6) is 0 Å². The number of nitroso groups, excluding NO2 is 2. The van der Waals surface area contributed by atoms with Crippen molar-refractivity contribution in [2.75, 3.05) is 0 Å². The van der Waals surface area contributed by atoms with Gasteiger partial charge in [-0.05, 0) is 33.3 Å². The van der Waals surface area contributed by atoms with E-state index in [2.05, 4.69) is 22.5 Å². The molecule has 0 amide bonds. The molecule has 0 saturated carbocycles. The van der Waals surface area contributed by atoms with E-state index < -0.39 is 0 Å². The van der Waals surface area contributed by atoms with Crippen molar-refractivity contribution < 1.29 is 0 Å². The molecule has 0 radical (unpaired) electrons. The highest BCUT2D eigenvalue weighted by Crippen LogP contribution is 2.36. The first kappa shape index (κ1) is 14.5. The van der Waals surface area contributed by atoms with Crippen LogP contribution in [-0.2, 0) is 0 Å². The molecule has 0 saturated heterocycles. The van der Waals surface area contributed by atoms with Crippen LogP contribution >= 0.6 is 0 Å². The van der Waals surface area contributed by atoms with E-state index in [1.807, 2.05) is 36.4 Å². The fourth-order valence-electron chi connectivity index (χ4n) is 3.45. The summed E-state index contributed by atoms with van der Waals surface area (Å²) in [7, 11) is 0. The molecule has 0 N–H and O–H groups in total. The zero-order valence-corrected chi connectivity index (χ0v) is 13.4. The van der Waals surface area contributed by atoms with Crippen LogP contribution in [0.2, 0.25) is 0 Å². The largest absolute Gasteiger partial charge is 0.244 e. The Kier molecular flexibility index (Phi) is 2.99. The van der Waals surface area contributed by atoms with Crippen LogP contribution in [0.4, 0.5) is 11.4 Å². The normalized spacial score (nSPS) is 11.4. The standard InChI is InChI=1S/C20H10N4O2/c25-23-17-9-15-16(10-18(17)24-26)22-20-14-8-4-2-6-12(14)11-5-1-3-7-13(11)19(20)21-15/h1-10H. The van der Waals surface area contributed by atoms with Gasteiger partial charge in [-0.25, -0.2) is 9.97 Å². The van der Waals surface area contributed by atoms with Crippen molar-refractivity contribution in [1.29, 1.82) is 0 Å². The summed E-state index contributed by atoms with van der Waals surface area (Å²) >= 11 is 0. The predicted molar refractivity (Wildman–Crippen MR) is 103 cm³/mol. The van der Waals surface area contributed by atoms with Crippen LogP contribution in [0, 0.1) is 9.81 Å². The van der Waals surface area contributed by atoms with Crippen molar-refractivity contribution in [3.05, 3.63) is 70.5 Å². The van der Waals surface area contributed by atoms with Crippen LogP contribution in [0.25, 0.3) is 43.6 Å². The lowest BCUT2D eigenvalue weighted by Crippen LogP contribution is -1.91. The third kappa shape index (κ3) is 1.92. The van der Waals surface area contributed by atoms with E-state index in [-0.39, 0.29) is 11.4 Å². The molecule has 6 heteroatoms. The van der Waals surface area contributed by atoms with E-state index in [4.69, 9.17) is 9.97 Å². The highest BCUT2D eigenvalue weighted by Gasteiger charge is 2.14. The number of nitrogens with zero attached hydrogens (tertiary/aromatic N) is 4. The molecule has 0 bridgehead atoms. The molecule has 122 valence electrons. The SMILES string of the molecule is O=Nc1cc2nc3c4ccccc4c4ccccc4c3nc2cc1N=O. The molecule has 0 aliphatic carbocycles. The zero-order chi connectivity index (χ0) is 17.7. The van der Waals surface area contributed by atoms with E-state index in [1.54, 1.807) is 0 Å². The van der Waals surface area contributed by atoms with Gasteiger partial charge in [0.1, 0.15) is 11.4 Å². The summed E-state index contributed by atoms with van der Waals surface area (Å²) in [6, 6.07) is 18.9. The zero-order valence-electron chi connectivity index (χ0n) is 13.4. The van der Waals surface area contributed by atoms with Crippen LogP contribution in [-0.4, -0.2) is 9.97 Å². The maximum Gasteiger partial charge on any atom is 0.139 e. The van der Waals surface area contributed by atoms with Crippen LogP contribution in [0.1, 0.15) is 0 Å². The summed E-state index contributed by atoms with van der Waals surface area (Å²) in [6.07, 6.45) is 0. The number of fused-ring (bicyclic) bond motifs is 7. The van der Waals surface area contributed by atoms with Crippen molar-refractivity contribution in [2.45, 2.75) is 0 Å². The minimum Gasteiger partial charge on any atom is -0.244 e. The lowest BCUT2D eigenvalue weighted by atomic mass is 9.99. The maximum absolute atomic E-state index is 11.0. The Morgan fingerprint density at radius 2 is 0.962 bits per heavy atom. The second-order valence-corrected chi connectivity index (χ2v) is 6.02. The highest BCUT2D eigenvalue weighted by atomic mass is 16.3.